The summed E-state index contributed by atoms with van der Waals surface area (Å²) in [5.74, 6) is 0. The van der Waals surface area contributed by atoms with E-state index in [0.29, 0.717) is 0 Å². The van der Waals surface area contributed by atoms with Gasteiger partial charge in [0.15, 0.2) is 0 Å². The predicted octanol–water partition coefficient (Wildman–Crippen LogP) is 1.13. The lowest BCUT2D eigenvalue weighted by Crippen LogP contribution is -1.85. The van der Waals surface area contributed by atoms with Crippen LogP contribution in [0.1, 0.15) is 0 Å². The van der Waals surface area contributed by atoms with Crippen molar-refractivity contribution in [3.05, 3.63) is 61.2 Å². The Bertz CT molecular complexity index is 216. The number of hydrogen-bond acceptors (Lipinski definition) is 4. The van der Waals surface area contributed by atoms with Crippen LogP contribution in [0.2, 0.25) is 0 Å². The van der Waals surface area contributed by atoms with Gasteiger partial charge in [-0.25, -0.2) is 0 Å². The van der Waals surface area contributed by atoms with Gasteiger partial charge in [-0.05, 0) is 24.3 Å². The average Bonchev–Trinajstić information content (AvgIpc) is 2.44. The van der Waals surface area contributed by atoms with Gasteiger partial charge in [-0.3, -0.25) is 9.97 Å². The number of nitrogens with zero attached hydrogens (tertiary/aromatic N) is 2. The van der Waals surface area contributed by atoms with Crippen molar-refractivity contribution in [3.8, 4) is 0 Å². The summed E-state index contributed by atoms with van der Waals surface area (Å²) in [6, 6.07) is 11.4. The molecule has 0 saturated carbocycles. The summed E-state index contributed by atoms with van der Waals surface area (Å²) < 4.78 is 0. The van der Waals surface area contributed by atoms with E-state index in [4.69, 9.17) is 10.2 Å². The van der Waals surface area contributed by atoms with E-state index in [2.05, 4.69) is 9.97 Å². The Morgan fingerprint density at radius 3 is 0.938 bits per heavy atom. The van der Waals surface area contributed by atoms with Crippen molar-refractivity contribution in [1.82, 2.24) is 9.97 Å². The first-order valence-electron chi connectivity index (χ1n) is 4.83. The Balaban J connectivity index is 0.000000217. The second kappa shape index (κ2) is 13.2. The summed E-state index contributed by atoms with van der Waals surface area (Å²) in [7, 11) is 0. The minimum absolute atomic E-state index is 0.125. The molecule has 0 saturated heterocycles. The molecule has 2 rings (SSSR count). The quantitative estimate of drug-likeness (QED) is 0.756. The van der Waals surface area contributed by atoms with Crippen molar-refractivity contribution >= 4 is 0 Å². The van der Waals surface area contributed by atoms with Gasteiger partial charge in [0, 0.05) is 24.8 Å². The van der Waals surface area contributed by atoms with Gasteiger partial charge in [-0.2, -0.15) is 0 Å². The highest BCUT2D eigenvalue weighted by Crippen LogP contribution is 1.74. The third kappa shape index (κ3) is 12.2. The Kier molecular flexibility index (Phi) is 11.7. The monoisotopic (exact) mass is 220 g/mol. The van der Waals surface area contributed by atoms with Crippen LogP contribution in [-0.2, 0) is 0 Å². The number of aromatic nitrogens is 2. The van der Waals surface area contributed by atoms with E-state index < -0.39 is 0 Å². The molecule has 86 valence electrons. The van der Waals surface area contributed by atoms with Crippen LogP contribution in [0.15, 0.2) is 61.2 Å². The minimum Gasteiger partial charge on any atom is -0.394 e. The molecule has 0 unspecified atom stereocenters. The summed E-state index contributed by atoms with van der Waals surface area (Å²) in [6.45, 7) is -0.250. The molecule has 16 heavy (non-hydrogen) atoms. The lowest BCUT2D eigenvalue weighted by Gasteiger charge is -1.70. The molecular formula is C12H16N2O2. The molecule has 0 aliphatic rings. The lowest BCUT2D eigenvalue weighted by molar-refractivity contribution is 0.186. The molecule has 2 aromatic heterocycles. The van der Waals surface area contributed by atoms with E-state index in [1.807, 2.05) is 36.4 Å². The fraction of sp³-hybridized carbons (Fsp3) is 0.167. The van der Waals surface area contributed by atoms with Gasteiger partial charge in [0.1, 0.15) is 0 Å². The number of hydrogen-bond donors (Lipinski definition) is 2. The molecule has 2 heterocycles. The van der Waals surface area contributed by atoms with Crippen molar-refractivity contribution in [2.45, 2.75) is 0 Å². The Morgan fingerprint density at radius 1 is 0.562 bits per heavy atom. The molecule has 4 heteroatoms. The SMILES string of the molecule is OCCO.c1ccncc1.c1ccncc1. The molecule has 0 bridgehead atoms. The standard InChI is InChI=1S/2C5H5N.C2H6O2/c2*1-2-4-6-5-3-1;3-1-2-4/h2*1-5H;3-4H,1-2H2. The third-order valence-electron chi connectivity index (χ3n) is 1.23. The fourth-order valence-electron chi connectivity index (χ4n) is 0.625. The van der Waals surface area contributed by atoms with Crippen LogP contribution in [0.5, 0.6) is 0 Å². The summed E-state index contributed by atoms with van der Waals surface area (Å²) in [4.78, 5) is 7.57. The van der Waals surface area contributed by atoms with E-state index in [1.54, 1.807) is 24.8 Å². The van der Waals surface area contributed by atoms with Gasteiger partial charge < -0.3 is 10.2 Å². The van der Waals surface area contributed by atoms with Crippen LogP contribution >= 0.6 is 0 Å². The first-order chi connectivity index (χ1) is 7.91. The number of pyridine rings is 2. The largest absolute Gasteiger partial charge is 0.394 e. The summed E-state index contributed by atoms with van der Waals surface area (Å²) in [5, 5.41) is 15.2. The van der Waals surface area contributed by atoms with E-state index in [-0.39, 0.29) is 13.2 Å². The fourth-order valence-corrected chi connectivity index (χ4v) is 0.625. The first kappa shape index (κ1) is 14.2. The van der Waals surface area contributed by atoms with Crippen molar-refractivity contribution in [2.24, 2.45) is 0 Å². The number of rotatable bonds is 1. The van der Waals surface area contributed by atoms with E-state index in [1.165, 1.54) is 0 Å². The van der Waals surface area contributed by atoms with Crippen LogP contribution in [0.3, 0.4) is 0 Å². The van der Waals surface area contributed by atoms with E-state index in [9.17, 15) is 0 Å². The highest BCUT2D eigenvalue weighted by molar-refractivity contribution is 4.88. The van der Waals surface area contributed by atoms with Crippen molar-refractivity contribution in [3.63, 3.8) is 0 Å². The second-order valence-electron chi connectivity index (χ2n) is 2.50. The zero-order chi connectivity index (χ0) is 11.9. The molecule has 0 atom stereocenters. The predicted molar refractivity (Wildman–Crippen MR) is 62.6 cm³/mol. The van der Waals surface area contributed by atoms with Crippen LogP contribution in [0.25, 0.3) is 0 Å². The van der Waals surface area contributed by atoms with Crippen molar-refractivity contribution < 1.29 is 10.2 Å². The van der Waals surface area contributed by atoms with Crippen LogP contribution < -0.4 is 0 Å². The van der Waals surface area contributed by atoms with Crippen molar-refractivity contribution in [1.29, 1.82) is 0 Å². The van der Waals surface area contributed by atoms with Crippen LogP contribution in [-0.4, -0.2) is 33.4 Å². The molecule has 0 aliphatic carbocycles. The normalized spacial score (nSPS) is 7.88. The summed E-state index contributed by atoms with van der Waals surface area (Å²) in [6.07, 6.45) is 7.00. The Morgan fingerprint density at radius 2 is 0.875 bits per heavy atom. The molecule has 0 fully saturated rings. The van der Waals surface area contributed by atoms with E-state index in [0.717, 1.165) is 0 Å². The summed E-state index contributed by atoms with van der Waals surface area (Å²) >= 11 is 0. The maximum atomic E-state index is 7.62. The Labute approximate surface area is 95.3 Å². The van der Waals surface area contributed by atoms with Gasteiger partial charge in [0.05, 0.1) is 13.2 Å². The molecule has 2 aromatic rings. The first-order valence-corrected chi connectivity index (χ1v) is 4.83. The van der Waals surface area contributed by atoms with Gasteiger partial charge in [0.2, 0.25) is 0 Å². The van der Waals surface area contributed by atoms with Gasteiger partial charge in [-0.15, -0.1) is 0 Å². The minimum atomic E-state index is -0.125. The topological polar surface area (TPSA) is 66.2 Å². The van der Waals surface area contributed by atoms with Crippen LogP contribution in [0, 0.1) is 0 Å². The molecule has 0 spiro atoms. The third-order valence-corrected chi connectivity index (χ3v) is 1.23. The lowest BCUT2D eigenvalue weighted by atomic mass is 10.5. The molecule has 0 aromatic carbocycles. The molecular weight excluding hydrogens is 204 g/mol. The van der Waals surface area contributed by atoms with Gasteiger partial charge in [0.25, 0.3) is 0 Å². The van der Waals surface area contributed by atoms with Gasteiger partial charge in [-0.1, -0.05) is 12.1 Å². The zero-order valence-electron chi connectivity index (χ0n) is 8.98. The van der Waals surface area contributed by atoms with E-state index >= 15 is 0 Å². The van der Waals surface area contributed by atoms with Gasteiger partial charge >= 0.3 is 0 Å². The molecule has 2 N–H and O–H groups in total. The zero-order valence-corrected chi connectivity index (χ0v) is 8.98. The maximum absolute atomic E-state index is 7.62. The highest BCUT2D eigenvalue weighted by atomic mass is 16.3. The smallest absolute Gasteiger partial charge is 0.0662 e. The highest BCUT2D eigenvalue weighted by Gasteiger charge is 1.59. The number of aliphatic hydroxyl groups excluding tert-OH is 2. The maximum Gasteiger partial charge on any atom is 0.0662 e. The van der Waals surface area contributed by atoms with Crippen LogP contribution in [0.4, 0.5) is 0 Å². The summed E-state index contributed by atoms with van der Waals surface area (Å²) in [5.41, 5.74) is 0. The second-order valence-corrected chi connectivity index (χ2v) is 2.50. The average molecular weight is 220 g/mol. The molecule has 4 nitrogen and oxygen atoms in total. The Hall–Kier alpha value is -1.78. The number of aliphatic hydroxyl groups is 2. The molecule has 0 amide bonds. The molecule has 0 aliphatic heterocycles. The van der Waals surface area contributed by atoms with Crippen molar-refractivity contribution in [2.75, 3.05) is 13.2 Å². The molecule has 0 radical (unpaired) electrons.